The molecule has 156 valence electrons. The zero-order chi connectivity index (χ0) is 21.6. The van der Waals surface area contributed by atoms with Gasteiger partial charge in [-0.25, -0.2) is 0 Å². The van der Waals surface area contributed by atoms with Crippen LogP contribution in [0.4, 0.5) is 13.2 Å². The minimum atomic E-state index is -4.55. The van der Waals surface area contributed by atoms with E-state index in [4.69, 9.17) is 11.6 Å². The SMILES string of the molecule is O=C1CCC(N2Cc3cc(-c4cc(CCl)c(C(F)(F)F)cn4)ccc3C2=O)C(=O)N1. The predicted molar refractivity (Wildman–Crippen MR) is 100 cm³/mol. The molecule has 0 saturated carbocycles. The molecule has 0 spiro atoms. The Morgan fingerprint density at radius 3 is 2.63 bits per heavy atom. The number of carbonyl (C=O) groups excluding carboxylic acids is 3. The molecular formula is C20H15ClF3N3O3. The molecule has 3 amide bonds. The number of pyridine rings is 1. The molecule has 1 unspecified atom stereocenters. The average molecular weight is 438 g/mol. The molecule has 0 aliphatic carbocycles. The van der Waals surface area contributed by atoms with Crippen molar-refractivity contribution < 1.29 is 27.6 Å². The van der Waals surface area contributed by atoms with E-state index in [-0.39, 0.29) is 42.6 Å². The Kier molecular flexibility index (Phi) is 5.01. The van der Waals surface area contributed by atoms with Crippen molar-refractivity contribution in [3.63, 3.8) is 0 Å². The van der Waals surface area contributed by atoms with Crippen molar-refractivity contribution >= 4 is 29.3 Å². The first kappa shape index (κ1) is 20.3. The summed E-state index contributed by atoms with van der Waals surface area (Å²) in [4.78, 5) is 41.5. The average Bonchev–Trinajstić information content (AvgIpc) is 3.02. The lowest BCUT2D eigenvalue weighted by Gasteiger charge is -2.29. The molecule has 1 N–H and O–H groups in total. The van der Waals surface area contributed by atoms with Gasteiger partial charge in [-0.05, 0) is 35.7 Å². The fourth-order valence-electron chi connectivity index (χ4n) is 3.75. The van der Waals surface area contributed by atoms with Gasteiger partial charge >= 0.3 is 6.18 Å². The number of nitrogens with zero attached hydrogens (tertiary/aromatic N) is 2. The van der Waals surface area contributed by atoms with Crippen LogP contribution in [0.5, 0.6) is 0 Å². The molecule has 1 aromatic carbocycles. The molecule has 2 aliphatic rings. The standard InChI is InChI=1S/C20H15ClF3N3O3/c21-7-11-6-15(25-8-14(11)20(22,23)24)10-1-2-13-12(5-10)9-27(19(13)30)16-3-4-17(28)26-18(16)29/h1-2,5-6,8,16H,3-4,7,9H2,(H,26,28,29). The van der Waals surface area contributed by atoms with Crippen LogP contribution in [-0.4, -0.2) is 33.6 Å². The van der Waals surface area contributed by atoms with Crippen LogP contribution in [0.3, 0.4) is 0 Å². The Hall–Kier alpha value is -2.94. The minimum absolute atomic E-state index is 0.0871. The Labute approximate surface area is 174 Å². The highest BCUT2D eigenvalue weighted by molar-refractivity contribution is 6.17. The monoisotopic (exact) mass is 437 g/mol. The van der Waals surface area contributed by atoms with Crippen molar-refractivity contribution in [3.05, 3.63) is 52.7 Å². The smallest absolute Gasteiger partial charge is 0.322 e. The van der Waals surface area contributed by atoms with Crippen molar-refractivity contribution in [3.8, 4) is 11.3 Å². The minimum Gasteiger partial charge on any atom is -0.322 e. The Balaban J connectivity index is 1.63. The zero-order valence-electron chi connectivity index (χ0n) is 15.4. The molecule has 1 fully saturated rings. The van der Waals surface area contributed by atoms with E-state index in [1.54, 1.807) is 18.2 Å². The van der Waals surface area contributed by atoms with E-state index in [0.717, 1.165) is 6.20 Å². The first-order chi connectivity index (χ1) is 14.2. The summed E-state index contributed by atoms with van der Waals surface area (Å²) >= 11 is 5.70. The molecule has 10 heteroatoms. The molecule has 6 nitrogen and oxygen atoms in total. The molecule has 2 aliphatic heterocycles. The van der Waals surface area contributed by atoms with E-state index in [2.05, 4.69) is 10.3 Å². The number of aromatic nitrogens is 1. The topological polar surface area (TPSA) is 79.4 Å². The zero-order valence-corrected chi connectivity index (χ0v) is 16.2. The van der Waals surface area contributed by atoms with Gasteiger partial charge in [-0.15, -0.1) is 11.6 Å². The molecule has 0 bridgehead atoms. The second-order valence-corrected chi connectivity index (χ2v) is 7.40. The summed E-state index contributed by atoms with van der Waals surface area (Å²) in [6.07, 6.45) is -3.40. The van der Waals surface area contributed by atoms with Gasteiger partial charge in [-0.1, -0.05) is 6.07 Å². The maximum atomic E-state index is 13.1. The maximum absolute atomic E-state index is 13.1. The number of nitrogens with one attached hydrogen (secondary N) is 1. The van der Waals surface area contributed by atoms with Gasteiger partial charge in [0.25, 0.3) is 5.91 Å². The van der Waals surface area contributed by atoms with Crippen LogP contribution in [0.15, 0.2) is 30.5 Å². The van der Waals surface area contributed by atoms with E-state index in [9.17, 15) is 27.6 Å². The van der Waals surface area contributed by atoms with Gasteiger partial charge in [0, 0.05) is 36.2 Å². The summed E-state index contributed by atoms with van der Waals surface area (Å²) < 4.78 is 39.2. The quantitative estimate of drug-likeness (QED) is 0.590. The first-order valence-electron chi connectivity index (χ1n) is 9.09. The molecule has 0 radical (unpaired) electrons. The molecule has 2 aromatic rings. The number of benzene rings is 1. The van der Waals surface area contributed by atoms with Crippen molar-refractivity contribution in [1.82, 2.24) is 15.2 Å². The highest BCUT2D eigenvalue weighted by Crippen LogP contribution is 2.35. The van der Waals surface area contributed by atoms with E-state index in [0.29, 0.717) is 22.4 Å². The maximum Gasteiger partial charge on any atom is 0.418 e. The molecular weight excluding hydrogens is 423 g/mol. The lowest BCUT2D eigenvalue weighted by molar-refractivity contribution is -0.138. The summed E-state index contributed by atoms with van der Waals surface area (Å²) in [5.41, 5.74) is 0.905. The van der Waals surface area contributed by atoms with E-state index in [1.165, 1.54) is 11.0 Å². The number of amides is 3. The van der Waals surface area contributed by atoms with Crippen LogP contribution in [0.2, 0.25) is 0 Å². The van der Waals surface area contributed by atoms with Crippen LogP contribution >= 0.6 is 11.6 Å². The third-order valence-corrected chi connectivity index (χ3v) is 5.55. The lowest BCUT2D eigenvalue weighted by atomic mass is 10.0. The van der Waals surface area contributed by atoms with E-state index < -0.39 is 23.7 Å². The highest BCUT2D eigenvalue weighted by Gasteiger charge is 2.39. The third-order valence-electron chi connectivity index (χ3n) is 5.26. The number of hydrogen-bond acceptors (Lipinski definition) is 4. The molecule has 1 atom stereocenters. The number of rotatable bonds is 3. The van der Waals surface area contributed by atoms with Gasteiger partial charge in [0.1, 0.15) is 6.04 Å². The van der Waals surface area contributed by atoms with Crippen LogP contribution < -0.4 is 5.32 Å². The van der Waals surface area contributed by atoms with Crippen LogP contribution in [-0.2, 0) is 28.2 Å². The van der Waals surface area contributed by atoms with Gasteiger partial charge in [-0.3, -0.25) is 24.7 Å². The molecule has 1 saturated heterocycles. The largest absolute Gasteiger partial charge is 0.418 e. The van der Waals surface area contributed by atoms with Crippen molar-refractivity contribution in [2.24, 2.45) is 0 Å². The Morgan fingerprint density at radius 1 is 1.20 bits per heavy atom. The van der Waals surface area contributed by atoms with E-state index >= 15 is 0 Å². The number of hydrogen-bond donors (Lipinski definition) is 1. The van der Waals surface area contributed by atoms with Crippen molar-refractivity contribution in [2.45, 2.75) is 37.5 Å². The van der Waals surface area contributed by atoms with Crippen molar-refractivity contribution in [2.75, 3.05) is 0 Å². The first-order valence-corrected chi connectivity index (χ1v) is 9.62. The lowest BCUT2D eigenvalue weighted by Crippen LogP contribution is -2.52. The highest BCUT2D eigenvalue weighted by atomic mass is 35.5. The Bertz CT molecular complexity index is 1070. The summed E-state index contributed by atoms with van der Waals surface area (Å²) in [6.45, 7) is 0.164. The molecule has 4 rings (SSSR count). The number of fused-ring (bicyclic) bond motifs is 1. The van der Waals surface area contributed by atoms with Gasteiger partial charge in [0.15, 0.2) is 0 Å². The second kappa shape index (κ2) is 7.39. The second-order valence-electron chi connectivity index (χ2n) is 7.13. The van der Waals surface area contributed by atoms with Gasteiger partial charge < -0.3 is 4.90 Å². The van der Waals surface area contributed by atoms with Gasteiger partial charge in [0.2, 0.25) is 11.8 Å². The summed E-state index contributed by atoms with van der Waals surface area (Å²) in [7, 11) is 0. The fraction of sp³-hybridized carbons (Fsp3) is 0.300. The number of carbonyl (C=O) groups is 3. The third kappa shape index (κ3) is 3.54. The van der Waals surface area contributed by atoms with E-state index in [1.807, 2.05) is 0 Å². The number of halogens is 4. The fourth-order valence-corrected chi connectivity index (χ4v) is 3.98. The number of piperidine rings is 1. The summed E-state index contributed by atoms with van der Waals surface area (Å²) in [5, 5.41) is 2.23. The van der Waals surface area contributed by atoms with Crippen LogP contribution in [0, 0.1) is 0 Å². The van der Waals surface area contributed by atoms with Crippen LogP contribution in [0.25, 0.3) is 11.3 Å². The normalized spacial score (nSPS) is 19.1. The van der Waals surface area contributed by atoms with Crippen LogP contribution in [0.1, 0.15) is 39.9 Å². The van der Waals surface area contributed by atoms with Crippen molar-refractivity contribution in [1.29, 1.82) is 0 Å². The number of imide groups is 1. The summed E-state index contributed by atoms with van der Waals surface area (Å²) in [5.74, 6) is -1.53. The Morgan fingerprint density at radius 2 is 1.97 bits per heavy atom. The summed E-state index contributed by atoms with van der Waals surface area (Å²) in [6, 6.07) is 5.38. The molecule has 1 aromatic heterocycles. The molecule has 3 heterocycles. The molecule has 30 heavy (non-hydrogen) atoms. The van der Waals surface area contributed by atoms with Gasteiger partial charge in [-0.2, -0.15) is 13.2 Å². The van der Waals surface area contributed by atoms with Gasteiger partial charge in [0.05, 0.1) is 11.3 Å². The number of alkyl halides is 4. The predicted octanol–water partition coefficient (Wildman–Crippen LogP) is 3.27.